The highest BCUT2D eigenvalue weighted by atomic mass is 16.2. The van der Waals surface area contributed by atoms with Crippen molar-refractivity contribution in [2.75, 3.05) is 16.0 Å². The van der Waals surface area contributed by atoms with Gasteiger partial charge in [0.05, 0.1) is 0 Å². The van der Waals surface area contributed by atoms with E-state index in [9.17, 15) is 28.8 Å². The van der Waals surface area contributed by atoms with Gasteiger partial charge in [-0.2, -0.15) is 0 Å². The van der Waals surface area contributed by atoms with E-state index in [1.165, 1.54) is 18.2 Å². The fraction of sp³-hybridized carbons (Fsp3) is 0.0800. The molecule has 2 unspecified atom stereocenters. The average Bonchev–Trinajstić information content (AvgIpc) is 4.09. The third-order valence-corrected chi connectivity index (χ3v) is 10.3. The van der Waals surface area contributed by atoms with Gasteiger partial charge in [-0.15, -0.1) is 0 Å². The summed E-state index contributed by atoms with van der Waals surface area (Å²) in [6, 6.07) is 44.2. The number of benzene rings is 6. The molecule has 8 rings (SSSR count). The van der Waals surface area contributed by atoms with Crippen LogP contribution in [0.1, 0.15) is 74.1 Å². The topological polar surface area (TPSA) is 175 Å². The van der Waals surface area contributed by atoms with Crippen molar-refractivity contribution in [2.24, 2.45) is 11.8 Å². The Hall–Kier alpha value is -8.38. The molecule has 6 aromatic carbocycles. The number of hydrogen-bond donors (Lipinski definition) is 6. The van der Waals surface area contributed by atoms with Gasteiger partial charge in [0.25, 0.3) is 35.4 Å². The van der Waals surface area contributed by atoms with Crippen LogP contribution in [0.4, 0.5) is 17.1 Å². The van der Waals surface area contributed by atoms with Crippen LogP contribution in [-0.2, 0) is 6.54 Å². The summed E-state index contributed by atoms with van der Waals surface area (Å²) in [4.78, 5) is 80.2. The first-order valence-corrected chi connectivity index (χ1v) is 19.9. The lowest BCUT2D eigenvalue weighted by Gasteiger charge is -2.17. The molecule has 2 atom stereocenters. The molecular weight excluding hydrogens is 781 g/mol. The number of hydrogen-bond acceptors (Lipinski definition) is 6. The van der Waals surface area contributed by atoms with Crippen LogP contribution in [0.15, 0.2) is 181 Å². The number of amides is 6. The summed E-state index contributed by atoms with van der Waals surface area (Å²) in [7, 11) is 0. The van der Waals surface area contributed by atoms with Gasteiger partial charge in [-0.3, -0.25) is 28.8 Å². The Morgan fingerprint density at radius 1 is 0.419 bits per heavy atom. The first-order chi connectivity index (χ1) is 30.1. The fourth-order valence-corrected chi connectivity index (χ4v) is 7.04. The van der Waals surface area contributed by atoms with Crippen LogP contribution in [0.2, 0.25) is 0 Å². The van der Waals surface area contributed by atoms with Crippen molar-refractivity contribution in [2.45, 2.75) is 13.0 Å². The summed E-state index contributed by atoms with van der Waals surface area (Å²) in [5.74, 6) is -2.39. The third-order valence-electron chi connectivity index (χ3n) is 10.3. The average molecular weight is 821 g/mol. The zero-order valence-electron chi connectivity index (χ0n) is 33.2. The fourth-order valence-electron chi connectivity index (χ4n) is 7.04. The van der Waals surface area contributed by atoms with E-state index in [4.69, 9.17) is 0 Å². The summed E-state index contributed by atoms with van der Waals surface area (Å²) in [5.41, 5.74) is 4.83. The first kappa shape index (κ1) is 40.4. The van der Waals surface area contributed by atoms with Crippen molar-refractivity contribution in [3.8, 4) is 0 Å². The van der Waals surface area contributed by atoms with Gasteiger partial charge in [0.15, 0.2) is 0 Å². The maximum Gasteiger partial charge on any atom is 0.255 e. The molecule has 0 radical (unpaired) electrons. The molecule has 0 saturated heterocycles. The van der Waals surface area contributed by atoms with E-state index in [-0.39, 0.29) is 52.8 Å². The molecule has 0 spiro atoms. The molecule has 1 saturated carbocycles. The van der Waals surface area contributed by atoms with E-state index >= 15 is 0 Å². The van der Waals surface area contributed by atoms with E-state index in [1.807, 2.05) is 24.3 Å². The molecular formula is C50H40N6O6. The monoisotopic (exact) mass is 820 g/mol. The maximum atomic E-state index is 14.0. The van der Waals surface area contributed by atoms with Gasteiger partial charge in [0.1, 0.15) is 0 Å². The largest absolute Gasteiger partial charge is 0.348 e. The Labute approximate surface area is 357 Å². The van der Waals surface area contributed by atoms with Gasteiger partial charge >= 0.3 is 0 Å². The van der Waals surface area contributed by atoms with Crippen molar-refractivity contribution in [3.05, 3.63) is 220 Å². The number of carbonyl (C=O) groups excluding carboxylic acids is 6. The summed E-state index contributed by atoms with van der Waals surface area (Å²) < 4.78 is 0. The number of fused-ring (bicyclic) bond motifs is 1. The zero-order valence-corrected chi connectivity index (χ0v) is 33.2. The minimum absolute atomic E-state index is 0.0322. The van der Waals surface area contributed by atoms with Gasteiger partial charge in [-0.1, -0.05) is 78.9 Å². The van der Waals surface area contributed by atoms with Gasteiger partial charge in [-0.05, 0) is 109 Å². The van der Waals surface area contributed by atoms with Crippen LogP contribution in [0.25, 0.3) is 0 Å². The Balaban J connectivity index is 1.01. The van der Waals surface area contributed by atoms with E-state index < -0.39 is 17.7 Å². The summed E-state index contributed by atoms with van der Waals surface area (Å²) >= 11 is 0. The maximum absolute atomic E-state index is 14.0. The second-order valence-electron chi connectivity index (χ2n) is 14.9. The number of allylic oxidation sites excluding steroid dienone is 3. The predicted molar refractivity (Wildman–Crippen MR) is 236 cm³/mol. The smallest absolute Gasteiger partial charge is 0.255 e. The van der Waals surface area contributed by atoms with Crippen molar-refractivity contribution in [3.63, 3.8) is 0 Å². The number of nitrogens with one attached hydrogen (secondary N) is 6. The van der Waals surface area contributed by atoms with E-state index in [1.54, 1.807) is 127 Å². The molecule has 6 aromatic rings. The van der Waals surface area contributed by atoms with Crippen LogP contribution in [0, 0.1) is 11.8 Å². The molecule has 0 aromatic heterocycles. The third kappa shape index (κ3) is 10.1. The SMILES string of the molecule is O=C(NCc1cccc(NC(=O)c2ccccc2)c1)c1cc(C(=O)NC2=CC(NC(=O)c3ccccc3)=CC3CC23)cc(C(=O)Nc2cccc(NC(=O)c3ccccc3)c2)c1. The van der Waals surface area contributed by atoms with Crippen LogP contribution in [-0.4, -0.2) is 35.4 Å². The summed E-state index contributed by atoms with van der Waals surface area (Å²) in [6.45, 7) is 0.0765. The lowest BCUT2D eigenvalue weighted by atomic mass is 10.0. The second-order valence-corrected chi connectivity index (χ2v) is 14.9. The van der Waals surface area contributed by atoms with Crippen LogP contribution in [0.3, 0.4) is 0 Å². The molecule has 6 amide bonds. The normalized spacial score (nSPS) is 14.7. The highest BCUT2D eigenvalue weighted by molar-refractivity contribution is 6.10. The van der Waals surface area contributed by atoms with Crippen LogP contribution >= 0.6 is 0 Å². The minimum Gasteiger partial charge on any atom is -0.348 e. The zero-order chi connectivity index (χ0) is 43.0. The van der Waals surface area contributed by atoms with Crippen molar-refractivity contribution in [1.82, 2.24) is 16.0 Å². The summed E-state index contributed by atoms with van der Waals surface area (Å²) in [5, 5.41) is 17.3. The van der Waals surface area contributed by atoms with Gasteiger partial charge in [0.2, 0.25) is 0 Å². The molecule has 0 heterocycles. The first-order valence-electron chi connectivity index (χ1n) is 19.9. The highest BCUT2D eigenvalue weighted by Gasteiger charge is 2.42. The van der Waals surface area contributed by atoms with E-state index in [0.29, 0.717) is 50.7 Å². The molecule has 6 N–H and O–H groups in total. The van der Waals surface area contributed by atoms with Crippen LogP contribution in [0.5, 0.6) is 0 Å². The quantitative estimate of drug-likeness (QED) is 0.0690. The number of rotatable bonds is 13. The van der Waals surface area contributed by atoms with Gasteiger partial charge in [0, 0.05) is 74.3 Å². The Morgan fingerprint density at radius 2 is 0.855 bits per heavy atom. The van der Waals surface area contributed by atoms with Crippen molar-refractivity contribution < 1.29 is 28.8 Å². The number of anilines is 3. The highest BCUT2D eigenvalue weighted by Crippen LogP contribution is 2.47. The minimum atomic E-state index is -0.602. The molecule has 12 nitrogen and oxygen atoms in total. The molecule has 2 aliphatic rings. The number of carbonyl (C=O) groups is 6. The Morgan fingerprint density at radius 3 is 1.39 bits per heavy atom. The Bertz CT molecular complexity index is 2770. The molecule has 1 fully saturated rings. The molecule has 0 aliphatic heterocycles. The molecule has 306 valence electrons. The predicted octanol–water partition coefficient (Wildman–Crippen LogP) is 7.95. The Kier molecular flexibility index (Phi) is 11.9. The van der Waals surface area contributed by atoms with Gasteiger partial charge in [-0.25, -0.2) is 0 Å². The molecule has 12 heteroatoms. The lowest BCUT2D eigenvalue weighted by molar-refractivity contribution is 0.0946. The van der Waals surface area contributed by atoms with E-state index in [0.717, 1.165) is 6.42 Å². The molecule has 0 bridgehead atoms. The lowest BCUT2D eigenvalue weighted by Crippen LogP contribution is -2.29. The van der Waals surface area contributed by atoms with Crippen molar-refractivity contribution in [1.29, 1.82) is 0 Å². The molecule has 62 heavy (non-hydrogen) atoms. The van der Waals surface area contributed by atoms with E-state index in [2.05, 4.69) is 31.9 Å². The van der Waals surface area contributed by atoms with Crippen LogP contribution < -0.4 is 31.9 Å². The second kappa shape index (κ2) is 18.3. The standard InChI is InChI=1S/C50H40N6O6/c57-45(51-30-31-12-10-19-39(22-31)52-46(58)32-13-4-1-5-14-32)36-23-37(49(61)54-41-21-11-20-40(28-41)53-47(59)33-15-6-2-7-16-33)25-38(24-36)50(62)56-44-29-42(26-35-27-43(35)44)55-48(60)34-17-8-3-9-18-34/h1-26,28-29,35,43H,27,30H2,(H,51,57)(H,52,58)(H,53,59)(H,54,61)(H,55,60)(H,56,62). The van der Waals surface area contributed by atoms with Crippen molar-refractivity contribution >= 4 is 52.5 Å². The van der Waals surface area contributed by atoms with Gasteiger partial charge < -0.3 is 31.9 Å². The molecule has 2 aliphatic carbocycles. The summed E-state index contributed by atoms with van der Waals surface area (Å²) in [6.07, 6.45) is 4.50.